The second kappa shape index (κ2) is 6.82. The largest absolute Gasteiger partial charge is 0.478 e. The van der Waals surface area contributed by atoms with Gasteiger partial charge in [0.25, 0.3) is 0 Å². The molecule has 0 spiro atoms. The highest BCUT2D eigenvalue weighted by Gasteiger charge is 2.36. The molecule has 1 aromatic carbocycles. The van der Waals surface area contributed by atoms with Crippen LogP contribution in [0.15, 0.2) is 35.7 Å². The van der Waals surface area contributed by atoms with E-state index in [1.54, 1.807) is 13.0 Å². The van der Waals surface area contributed by atoms with Crippen molar-refractivity contribution in [2.75, 3.05) is 13.2 Å². The molecule has 1 fully saturated rings. The van der Waals surface area contributed by atoms with Gasteiger partial charge in [0.15, 0.2) is 0 Å². The molecule has 1 aromatic rings. The first kappa shape index (κ1) is 17.7. The van der Waals surface area contributed by atoms with Gasteiger partial charge in [-0.05, 0) is 43.9 Å². The van der Waals surface area contributed by atoms with Gasteiger partial charge in [-0.15, -0.1) is 6.58 Å². The number of sulfonamides is 1. The summed E-state index contributed by atoms with van der Waals surface area (Å²) in [6, 6.07) is 4.09. The Kier molecular flexibility index (Phi) is 5.23. The van der Waals surface area contributed by atoms with Gasteiger partial charge in [0.05, 0.1) is 10.5 Å². The van der Waals surface area contributed by atoms with Crippen molar-refractivity contribution >= 4 is 16.0 Å². The number of rotatable bonds is 6. The van der Waals surface area contributed by atoms with Crippen molar-refractivity contribution in [3.8, 4) is 0 Å². The second-order valence-corrected chi connectivity index (χ2v) is 7.43. The molecule has 2 N–H and O–H groups in total. The number of hydrogen-bond acceptors (Lipinski definition) is 4. The molecule has 6 nitrogen and oxygen atoms in total. The Morgan fingerprint density at radius 3 is 2.65 bits per heavy atom. The molecule has 0 aliphatic carbocycles. The first-order valence-electron chi connectivity index (χ1n) is 7.36. The quantitative estimate of drug-likeness (QED) is 0.774. The standard InChI is InChI=1S/C16H21NO5S/c1-3-6-16(7-9-22-10-8-16)17-23(20,21)14-11-13(15(18)19)5-4-12(14)2/h3-5,11,17H,1,6-10H2,2H3,(H,18,19). The first-order valence-corrected chi connectivity index (χ1v) is 8.85. The molecule has 0 aromatic heterocycles. The molecule has 1 saturated heterocycles. The third kappa shape index (κ3) is 3.99. The zero-order chi connectivity index (χ0) is 17.1. The van der Waals surface area contributed by atoms with Crippen molar-refractivity contribution in [3.63, 3.8) is 0 Å². The van der Waals surface area contributed by atoms with Crippen molar-refractivity contribution in [2.24, 2.45) is 0 Å². The normalized spacial score (nSPS) is 17.6. The zero-order valence-electron chi connectivity index (χ0n) is 13.0. The van der Waals surface area contributed by atoms with E-state index >= 15 is 0 Å². The summed E-state index contributed by atoms with van der Waals surface area (Å²) in [5, 5.41) is 9.08. The van der Waals surface area contributed by atoms with Gasteiger partial charge in [-0.3, -0.25) is 0 Å². The van der Waals surface area contributed by atoms with Crippen LogP contribution in [0.25, 0.3) is 0 Å². The van der Waals surface area contributed by atoms with Crippen molar-refractivity contribution in [1.29, 1.82) is 0 Å². The second-order valence-electron chi connectivity index (χ2n) is 5.78. The maximum atomic E-state index is 12.8. The number of carboxylic acids is 1. The molecule has 1 aliphatic heterocycles. The van der Waals surface area contributed by atoms with Crippen LogP contribution < -0.4 is 4.72 Å². The van der Waals surface area contributed by atoms with Crippen LogP contribution in [0, 0.1) is 6.92 Å². The molecule has 0 unspecified atom stereocenters. The molecular weight excluding hydrogens is 318 g/mol. The van der Waals surface area contributed by atoms with E-state index < -0.39 is 21.5 Å². The number of hydrogen-bond donors (Lipinski definition) is 2. The van der Waals surface area contributed by atoms with E-state index in [-0.39, 0.29) is 10.5 Å². The minimum absolute atomic E-state index is 0.00710. The van der Waals surface area contributed by atoms with Crippen LogP contribution >= 0.6 is 0 Å². The highest BCUT2D eigenvalue weighted by molar-refractivity contribution is 7.89. The van der Waals surface area contributed by atoms with Crippen molar-refractivity contribution in [3.05, 3.63) is 42.0 Å². The fourth-order valence-corrected chi connectivity index (χ4v) is 4.49. The zero-order valence-corrected chi connectivity index (χ0v) is 13.9. The van der Waals surface area contributed by atoms with Gasteiger partial charge in [0.1, 0.15) is 0 Å². The van der Waals surface area contributed by atoms with Gasteiger partial charge in [-0.1, -0.05) is 12.1 Å². The maximum absolute atomic E-state index is 12.8. The van der Waals surface area contributed by atoms with Crippen LogP contribution in [-0.4, -0.2) is 38.2 Å². The summed E-state index contributed by atoms with van der Waals surface area (Å²) >= 11 is 0. The Labute approximate surface area is 136 Å². The number of aryl methyl sites for hydroxylation is 1. The Morgan fingerprint density at radius 2 is 2.09 bits per heavy atom. The predicted octanol–water partition coefficient (Wildman–Crippen LogP) is 2.10. The van der Waals surface area contributed by atoms with E-state index in [2.05, 4.69) is 11.3 Å². The molecular formula is C16H21NO5S. The third-order valence-corrected chi connectivity index (χ3v) is 5.78. The molecule has 0 radical (unpaired) electrons. The molecule has 1 heterocycles. The van der Waals surface area contributed by atoms with Crippen LogP contribution in [-0.2, 0) is 14.8 Å². The van der Waals surface area contributed by atoms with E-state index in [4.69, 9.17) is 9.84 Å². The van der Waals surface area contributed by atoms with Gasteiger partial charge in [-0.25, -0.2) is 17.9 Å². The third-order valence-electron chi connectivity index (χ3n) is 4.06. The molecule has 0 bridgehead atoms. The summed E-state index contributed by atoms with van der Waals surface area (Å²) in [6.45, 7) is 6.30. The van der Waals surface area contributed by atoms with E-state index in [0.29, 0.717) is 38.0 Å². The Morgan fingerprint density at radius 1 is 1.43 bits per heavy atom. The van der Waals surface area contributed by atoms with Gasteiger partial charge < -0.3 is 9.84 Å². The molecule has 0 atom stereocenters. The lowest BCUT2D eigenvalue weighted by molar-refractivity contribution is 0.0481. The van der Waals surface area contributed by atoms with Crippen LogP contribution in [0.4, 0.5) is 0 Å². The number of carboxylic acid groups (broad SMARTS) is 1. The van der Waals surface area contributed by atoms with Crippen molar-refractivity contribution < 1.29 is 23.1 Å². The molecule has 1 aliphatic rings. The van der Waals surface area contributed by atoms with E-state index in [9.17, 15) is 13.2 Å². The Balaban J connectivity index is 2.39. The number of nitrogens with one attached hydrogen (secondary N) is 1. The lowest BCUT2D eigenvalue weighted by atomic mass is 9.88. The highest BCUT2D eigenvalue weighted by Crippen LogP contribution is 2.28. The molecule has 7 heteroatoms. The Hall–Kier alpha value is -1.70. The number of benzene rings is 1. The van der Waals surface area contributed by atoms with Crippen LogP contribution in [0.1, 0.15) is 35.2 Å². The van der Waals surface area contributed by atoms with E-state index in [0.717, 1.165) is 0 Å². The van der Waals surface area contributed by atoms with Gasteiger partial charge in [-0.2, -0.15) is 0 Å². The van der Waals surface area contributed by atoms with E-state index in [1.165, 1.54) is 18.2 Å². The van der Waals surface area contributed by atoms with E-state index in [1.807, 2.05) is 0 Å². The topological polar surface area (TPSA) is 92.7 Å². The predicted molar refractivity (Wildman–Crippen MR) is 86.1 cm³/mol. The number of ether oxygens (including phenoxy) is 1. The lowest BCUT2D eigenvalue weighted by Crippen LogP contribution is -2.51. The molecule has 23 heavy (non-hydrogen) atoms. The van der Waals surface area contributed by atoms with Crippen molar-refractivity contribution in [1.82, 2.24) is 4.72 Å². The van der Waals surface area contributed by atoms with Crippen molar-refractivity contribution in [2.45, 2.75) is 36.6 Å². The van der Waals surface area contributed by atoms with Gasteiger partial charge >= 0.3 is 5.97 Å². The summed E-state index contributed by atoms with van der Waals surface area (Å²) in [5.74, 6) is -1.16. The molecule has 0 amide bonds. The van der Waals surface area contributed by atoms with Gasteiger partial charge in [0, 0.05) is 18.8 Å². The lowest BCUT2D eigenvalue weighted by Gasteiger charge is -2.37. The van der Waals surface area contributed by atoms with Crippen LogP contribution in [0.3, 0.4) is 0 Å². The summed E-state index contributed by atoms with van der Waals surface area (Å²) in [7, 11) is -3.84. The Bertz CT molecular complexity index is 705. The smallest absolute Gasteiger partial charge is 0.335 e. The molecule has 2 rings (SSSR count). The number of aromatic carboxylic acids is 1. The highest BCUT2D eigenvalue weighted by atomic mass is 32.2. The fourth-order valence-electron chi connectivity index (χ4n) is 2.75. The summed E-state index contributed by atoms with van der Waals surface area (Å²) in [4.78, 5) is 11.1. The van der Waals surface area contributed by atoms with Crippen LogP contribution in [0.5, 0.6) is 0 Å². The monoisotopic (exact) mass is 339 g/mol. The van der Waals surface area contributed by atoms with Gasteiger partial charge in [0.2, 0.25) is 10.0 Å². The van der Waals surface area contributed by atoms with Crippen LogP contribution in [0.2, 0.25) is 0 Å². The SMILES string of the molecule is C=CCC1(NS(=O)(=O)c2cc(C(=O)O)ccc2C)CCOCC1. The summed E-state index contributed by atoms with van der Waals surface area (Å²) < 4.78 is 33.7. The fraction of sp³-hybridized carbons (Fsp3) is 0.438. The number of carbonyl (C=O) groups is 1. The molecule has 126 valence electrons. The first-order chi connectivity index (χ1) is 10.8. The summed E-state index contributed by atoms with van der Waals surface area (Å²) in [6.07, 6.45) is 3.29. The minimum atomic E-state index is -3.84. The maximum Gasteiger partial charge on any atom is 0.335 e. The average Bonchev–Trinajstić information content (AvgIpc) is 2.47. The average molecular weight is 339 g/mol. The summed E-state index contributed by atoms with van der Waals surface area (Å²) in [5.41, 5.74) is -0.186. The molecule has 0 saturated carbocycles. The minimum Gasteiger partial charge on any atom is -0.478 e.